The Kier molecular flexibility index (Phi) is 7.77. The molecule has 2 aromatic carbocycles. The lowest BCUT2D eigenvalue weighted by Crippen LogP contribution is -2.30. The lowest BCUT2D eigenvalue weighted by molar-refractivity contribution is -0.133. The van der Waals surface area contributed by atoms with Crippen molar-refractivity contribution in [1.82, 2.24) is 10.1 Å². The Morgan fingerprint density at radius 1 is 1.09 bits per heavy atom. The molecule has 32 heavy (non-hydrogen) atoms. The van der Waals surface area contributed by atoms with E-state index in [0.29, 0.717) is 28.1 Å². The second-order valence-corrected chi connectivity index (χ2v) is 7.98. The summed E-state index contributed by atoms with van der Waals surface area (Å²) in [6.45, 7) is 3.68. The van der Waals surface area contributed by atoms with Crippen LogP contribution in [0, 0.1) is 13.8 Å². The summed E-state index contributed by atoms with van der Waals surface area (Å²) in [5.74, 6) is -0.0264. The number of aryl methyl sites for hydroxylation is 2. The lowest BCUT2D eigenvalue weighted by atomic mass is 10.2. The molecule has 0 saturated carbocycles. The van der Waals surface area contributed by atoms with Crippen molar-refractivity contribution in [1.29, 1.82) is 0 Å². The molecule has 0 fully saturated rings. The molecular formula is C23H22Cl2N2O5. The highest BCUT2D eigenvalue weighted by atomic mass is 35.5. The van der Waals surface area contributed by atoms with Crippen LogP contribution < -0.4 is 4.74 Å². The molecule has 0 radical (unpaired) electrons. The van der Waals surface area contributed by atoms with Crippen LogP contribution in [0.15, 0.2) is 47.0 Å². The first-order chi connectivity index (χ1) is 15.3. The maximum Gasteiger partial charge on any atom is 0.342 e. The van der Waals surface area contributed by atoms with Crippen molar-refractivity contribution in [2.45, 2.75) is 27.0 Å². The number of rotatable bonds is 8. The third-order valence-electron chi connectivity index (χ3n) is 4.82. The van der Waals surface area contributed by atoms with Crippen molar-refractivity contribution < 1.29 is 23.6 Å². The zero-order valence-corrected chi connectivity index (χ0v) is 19.4. The first kappa shape index (κ1) is 23.6. The molecule has 168 valence electrons. The van der Waals surface area contributed by atoms with Gasteiger partial charge in [-0.25, -0.2) is 4.79 Å². The van der Waals surface area contributed by atoms with Gasteiger partial charge in [0.1, 0.15) is 23.7 Å². The Bertz CT molecular complexity index is 1110. The van der Waals surface area contributed by atoms with Crippen LogP contribution in [0.4, 0.5) is 0 Å². The molecule has 9 heteroatoms. The van der Waals surface area contributed by atoms with Gasteiger partial charge in [-0.05, 0) is 43.7 Å². The van der Waals surface area contributed by atoms with Gasteiger partial charge in [-0.15, -0.1) is 0 Å². The highest BCUT2D eigenvalue weighted by Crippen LogP contribution is 2.24. The van der Waals surface area contributed by atoms with Crippen LogP contribution >= 0.6 is 23.2 Å². The van der Waals surface area contributed by atoms with Crippen molar-refractivity contribution in [3.05, 3.63) is 80.7 Å². The van der Waals surface area contributed by atoms with E-state index in [9.17, 15) is 9.59 Å². The van der Waals surface area contributed by atoms with E-state index in [2.05, 4.69) is 5.16 Å². The van der Waals surface area contributed by atoms with Crippen LogP contribution in [0.3, 0.4) is 0 Å². The second kappa shape index (κ2) is 10.5. The number of halogens is 2. The number of ether oxygens (including phenoxy) is 2. The van der Waals surface area contributed by atoms with Crippen LogP contribution in [0.5, 0.6) is 5.75 Å². The van der Waals surface area contributed by atoms with E-state index in [1.54, 1.807) is 56.4 Å². The lowest BCUT2D eigenvalue weighted by Gasteiger charge is -2.18. The molecule has 0 aliphatic carbocycles. The number of hydrogen-bond donors (Lipinski definition) is 0. The Balaban J connectivity index is 1.58. The summed E-state index contributed by atoms with van der Waals surface area (Å²) in [6, 6.07) is 11.8. The van der Waals surface area contributed by atoms with Gasteiger partial charge < -0.3 is 18.9 Å². The molecule has 3 rings (SSSR count). The van der Waals surface area contributed by atoms with E-state index < -0.39 is 12.6 Å². The van der Waals surface area contributed by atoms with E-state index >= 15 is 0 Å². The topological polar surface area (TPSA) is 81.9 Å². The summed E-state index contributed by atoms with van der Waals surface area (Å²) in [5.41, 5.74) is 2.56. The van der Waals surface area contributed by atoms with Crippen LogP contribution in [-0.4, -0.2) is 35.6 Å². The standard InChI is InChI=1S/C23H22Cl2N2O5/c1-14-18(15(2)32-26-14)12-30-21-7-5-4-6-17(21)23(29)31-13-22(28)27(3)11-16-8-9-19(24)20(25)10-16/h4-10H,11-13H2,1-3H3. The Labute approximate surface area is 195 Å². The summed E-state index contributed by atoms with van der Waals surface area (Å²) < 4.78 is 16.2. The number of hydrogen-bond acceptors (Lipinski definition) is 6. The Morgan fingerprint density at radius 3 is 2.53 bits per heavy atom. The number of amides is 1. The fraction of sp³-hybridized carbons (Fsp3) is 0.261. The molecule has 7 nitrogen and oxygen atoms in total. The first-order valence-corrected chi connectivity index (χ1v) is 10.5. The normalized spacial score (nSPS) is 10.7. The maximum atomic E-state index is 12.6. The van der Waals surface area contributed by atoms with Gasteiger partial charge in [0, 0.05) is 13.6 Å². The summed E-state index contributed by atoms with van der Waals surface area (Å²) >= 11 is 11.9. The molecule has 0 unspecified atom stereocenters. The molecule has 0 bridgehead atoms. The highest BCUT2D eigenvalue weighted by Gasteiger charge is 2.18. The van der Waals surface area contributed by atoms with E-state index in [-0.39, 0.29) is 18.1 Å². The average Bonchev–Trinajstić information content (AvgIpc) is 3.10. The minimum absolute atomic E-state index is 0.191. The minimum atomic E-state index is -0.657. The summed E-state index contributed by atoms with van der Waals surface area (Å²) in [4.78, 5) is 26.4. The summed E-state index contributed by atoms with van der Waals surface area (Å²) in [7, 11) is 1.61. The summed E-state index contributed by atoms with van der Waals surface area (Å²) in [6.07, 6.45) is 0. The molecule has 0 spiro atoms. The van der Waals surface area contributed by atoms with Crippen LogP contribution in [0.2, 0.25) is 10.0 Å². The monoisotopic (exact) mass is 476 g/mol. The van der Waals surface area contributed by atoms with E-state index in [0.717, 1.165) is 16.8 Å². The first-order valence-electron chi connectivity index (χ1n) is 9.75. The predicted octanol–water partition coefficient (Wildman–Crippen LogP) is 4.99. The van der Waals surface area contributed by atoms with Crippen molar-refractivity contribution in [3.8, 4) is 5.75 Å². The third-order valence-corrected chi connectivity index (χ3v) is 5.56. The minimum Gasteiger partial charge on any atom is -0.488 e. The van der Waals surface area contributed by atoms with Crippen LogP contribution in [0.25, 0.3) is 0 Å². The fourth-order valence-electron chi connectivity index (χ4n) is 2.93. The van der Waals surface area contributed by atoms with Crippen molar-refractivity contribution in [3.63, 3.8) is 0 Å². The molecule has 0 aliphatic heterocycles. The van der Waals surface area contributed by atoms with Crippen molar-refractivity contribution >= 4 is 35.1 Å². The molecule has 1 aromatic heterocycles. The highest BCUT2D eigenvalue weighted by molar-refractivity contribution is 6.42. The van der Waals surface area contributed by atoms with Gasteiger partial charge in [0.2, 0.25) is 0 Å². The van der Waals surface area contributed by atoms with Crippen LogP contribution in [-0.2, 0) is 22.7 Å². The molecule has 0 N–H and O–H groups in total. The molecule has 0 atom stereocenters. The van der Waals surface area contributed by atoms with Gasteiger partial charge in [-0.2, -0.15) is 0 Å². The molecule has 1 amide bonds. The van der Waals surface area contributed by atoms with Crippen LogP contribution in [0.1, 0.15) is 32.9 Å². The number of esters is 1. The largest absolute Gasteiger partial charge is 0.488 e. The average molecular weight is 477 g/mol. The number of para-hydroxylation sites is 1. The fourth-order valence-corrected chi connectivity index (χ4v) is 3.25. The van der Waals surface area contributed by atoms with Gasteiger partial charge in [-0.3, -0.25) is 4.79 Å². The van der Waals surface area contributed by atoms with E-state index in [1.807, 2.05) is 6.92 Å². The molecular weight excluding hydrogens is 455 g/mol. The quantitative estimate of drug-likeness (QED) is 0.425. The molecule has 1 heterocycles. The number of carbonyl (C=O) groups is 2. The number of aromatic nitrogens is 1. The third kappa shape index (κ3) is 5.81. The van der Waals surface area contributed by atoms with Gasteiger partial charge in [-0.1, -0.05) is 46.6 Å². The van der Waals surface area contributed by atoms with Crippen molar-refractivity contribution in [2.24, 2.45) is 0 Å². The van der Waals surface area contributed by atoms with Gasteiger partial charge in [0.05, 0.1) is 21.3 Å². The smallest absolute Gasteiger partial charge is 0.342 e. The molecule has 0 saturated heterocycles. The Morgan fingerprint density at radius 2 is 1.84 bits per heavy atom. The van der Waals surface area contributed by atoms with Crippen molar-refractivity contribution in [2.75, 3.05) is 13.7 Å². The van der Waals surface area contributed by atoms with E-state index in [1.165, 1.54) is 4.90 Å². The number of benzene rings is 2. The Hall–Kier alpha value is -3.03. The SMILES string of the molecule is Cc1noc(C)c1COc1ccccc1C(=O)OCC(=O)N(C)Cc1ccc(Cl)c(Cl)c1. The predicted molar refractivity (Wildman–Crippen MR) is 120 cm³/mol. The van der Waals surface area contributed by atoms with Gasteiger partial charge in [0.25, 0.3) is 5.91 Å². The molecule has 3 aromatic rings. The maximum absolute atomic E-state index is 12.6. The van der Waals surface area contributed by atoms with Gasteiger partial charge >= 0.3 is 5.97 Å². The summed E-state index contributed by atoms with van der Waals surface area (Å²) in [5, 5.41) is 4.73. The zero-order chi connectivity index (χ0) is 23.3. The number of carbonyl (C=O) groups excluding carboxylic acids is 2. The second-order valence-electron chi connectivity index (χ2n) is 7.16. The van der Waals surface area contributed by atoms with Gasteiger partial charge in [0.15, 0.2) is 6.61 Å². The number of likely N-dealkylation sites (N-methyl/N-ethyl adjacent to an activating group) is 1. The zero-order valence-electron chi connectivity index (χ0n) is 17.9. The molecule has 0 aliphatic rings. The van der Waals surface area contributed by atoms with E-state index in [4.69, 9.17) is 37.2 Å². The number of nitrogens with zero attached hydrogens (tertiary/aromatic N) is 2.